The summed E-state index contributed by atoms with van der Waals surface area (Å²) in [6, 6.07) is -0.905. The number of rotatable bonds is 12. The topological polar surface area (TPSA) is 113 Å². The summed E-state index contributed by atoms with van der Waals surface area (Å²) in [6.45, 7) is 20.1. The van der Waals surface area contributed by atoms with E-state index >= 15 is 0 Å². The molecule has 8 heteroatoms. The van der Waals surface area contributed by atoms with Crippen molar-refractivity contribution >= 4 is 29.5 Å². The van der Waals surface area contributed by atoms with Crippen LogP contribution in [0.3, 0.4) is 0 Å². The lowest BCUT2D eigenvalue weighted by molar-refractivity contribution is -0.130. The second-order valence-electron chi connectivity index (χ2n) is 7.16. The van der Waals surface area contributed by atoms with Crippen LogP contribution in [0.5, 0.6) is 0 Å². The minimum Gasteiger partial charge on any atom is -0.343 e. The smallest absolute Gasteiger partial charge is 0.244 e. The maximum Gasteiger partial charge on any atom is 0.244 e. The SMILES string of the molecule is C=CC(=C)S/C=C(/CC(NC(=O)CN)C(=O)NCNC(=O)C(C)(C)C)C(=C)C=C. The van der Waals surface area contributed by atoms with Gasteiger partial charge in [0.25, 0.3) is 0 Å². The maximum absolute atomic E-state index is 12.6. The second-order valence-corrected chi connectivity index (χ2v) is 8.16. The fourth-order valence-electron chi connectivity index (χ4n) is 1.86. The van der Waals surface area contributed by atoms with Crippen LogP contribution in [0.15, 0.2) is 59.9 Å². The summed E-state index contributed by atoms with van der Waals surface area (Å²) in [7, 11) is 0. The molecule has 0 fully saturated rings. The highest BCUT2D eigenvalue weighted by molar-refractivity contribution is 8.06. The molecular formula is C21H32N4O3S. The molecule has 0 aromatic rings. The molecule has 1 atom stereocenters. The van der Waals surface area contributed by atoms with Gasteiger partial charge in [-0.3, -0.25) is 14.4 Å². The first kappa shape index (κ1) is 26.4. The van der Waals surface area contributed by atoms with E-state index < -0.39 is 23.3 Å². The Morgan fingerprint density at radius 1 is 1.10 bits per heavy atom. The van der Waals surface area contributed by atoms with Crippen molar-refractivity contribution in [2.75, 3.05) is 13.2 Å². The van der Waals surface area contributed by atoms with Crippen molar-refractivity contribution in [2.45, 2.75) is 33.2 Å². The molecule has 7 nitrogen and oxygen atoms in total. The van der Waals surface area contributed by atoms with E-state index in [4.69, 9.17) is 5.73 Å². The van der Waals surface area contributed by atoms with Crippen molar-refractivity contribution in [3.63, 3.8) is 0 Å². The molecule has 0 aliphatic heterocycles. The lowest BCUT2D eigenvalue weighted by atomic mass is 9.96. The molecule has 29 heavy (non-hydrogen) atoms. The molecular weight excluding hydrogens is 388 g/mol. The average Bonchev–Trinajstić information content (AvgIpc) is 2.67. The average molecular weight is 421 g/mol. The molecule has 0 aromatic heterocycles. The van der Waals surface area contributed by atoms with Crippen LogP contribution in [0.25, 0.3) is 0 Å². The van der Waals surface area contributed by atoms with Gasteiger partial charge < -0.3 is 21.7 Å². The minimum absolute atomic E-state index is 0.0621. The van der Waals surface area contributed by atoms with Crippen molar-refractivity contribution in [3.05, 3.63) is 59.9 Å². The highest BCUT2D eigenvalue weighted by Crippen LogP contribution is 2.24. The molecule has 0 aromatic carbocycles. The number of thioether (sulfide) groups is 1. The van der Waals surface area contributed by atoms with E-state index in [2.05, 4.69) is 42.3 Å². The monoisotopic (exact) mass is 420 g/mol. The highest BCUT2D eigenvalue weighted by atomic mass is 32.2. The Morgan fingerprint density at radius 2 is 1.72 bits per heavy atom. The lowest BCUT2D eigenvalue weighted by Crippen LogP contribution is -2.51. The van der Waals surface area contributed by atoms with Gasteiger partial charge in [-0.15, -0.1) is 0 Å². The molecule has 160 valence electrons. The van der Waals surface area contributed by atoms with Crippen LogP contribution in [0, 0.1) is 5.41 Å². The third kappa shape index (κ3) is 10.5. The summed E-state index contributed by atoms with van der Waals surface area (Å²) >= 11 is 1.32. The Labute approximate surface area is 177 Å². The van der Waals surface area contributed by atoms with E-state index in [1.54, 1.807) is 38.3 Å². The Balaban J connectivity index is 5.32. The summed E-state index contributed by atoms with van der Waals surface area (Å²) < 4.78 is 0. The summed E-state index contributed by atoms with van der Waals surface area (Å²) in [5.74, 6) is -1.15. The zero-order valence-electron chi connectivity index (χ0n) is 17.5. The molecule has 5 N–H and O–H groups in total. The summed E-state index contributed by atoms with van der Waals surface area (Å²) in [5, 5.41) is 9.60. The van der Waals surface area contributed by atoms with Gasteiger partial charge in [-0.2, -0.15) is 0 Å². The quantitative estimate of drug-likeness (QED) is 0.285. The molecule has 3 amide bonds. The van der Waals surface area contributed by atoms with Crippen LogP contribution < -0.4 is 21.7 Å². The molecule has 0 aliphatic rings. The minimum atomic E-state index is -0.905. The third-order valence-electron chi connectivity index (χ3n) is 3.69. The normalized spacial score (nSPS) is 12.3. The number of nitrogens with one attached hydrogen (secondary N) is 3. The number of hydrogen-bond donors (Lipinski definition) is 4. The molecule has 0 saturated carbocycles. The van der Waals surface area contributed by atoms with Gasteiger partial charge in [0.05, 0.1) is 13.2 Å². The van der Waals surface area contributed by atoms with Gasteiger partial charge in [-0.1, -0.05) is 71.0 Å². The van der Waals surface area contributed by atoms with Crippen molar-refractivity contribution in [1.29, 1.82) is 0 Å². The summed E-state index contributed by atoms with van der Waals surface area (Å²) in [4.78, 5) is 37.1. The van der Waals surface area contributed by atoms with Gasteiger partial charge >= 0.3 is 0 Å². The Kier molecular flexibility index (Phi) is 11.7. The fourth-order valence-corrected chi connectivity index (χ4v) is 2.50. The number of amides is 3. The third-order valence-corrected chi connectivity index (χ3v) is 4.56. The standard InChI is InChI=1S/C21H32N4O3S/c1-8-14(3)16(12-29-15(4)9-2)10-17(25-18(26)11-22)19(27)23-13-24-20(28)21(5,6)7/h8-9,12,17H,1-4,10-11,13,22H2,5-7H3,(H,23,27)(H,24,28)(H,25,26)/b16-12-. The fraction of sp³-hybridized carbons (Fsp3) is 0.381. The first-order chi connectivity index (χ1) is 13.5. The maximum atomic E-state index is 12.6. The Bertz CT molecular complexity index is 705. The molecule has 1 unspecified atom stereocenters. The molecule has 0 saturated heterocycles. The number of hydrogen-bond acceptors (Lipinski definition) is 5. The molecule has 0 bridgehead atoms. The van der Waals surface area contributed by atoms with Crippen LogP contribution in [0.1, 0.15) is 27.2 Å². The van der Waals surface area contributed by atoms with E-state index in [0.29, 0.717) is 11.1 Å². The molecule has 0 spiro atoms. The van der Waals surface area contributed by atoms with Gasteiger partial charge in [0.15, 0.2) is 0 Å². The number of carbonyl (C=O) groups is 3. The van der Waals surface area contributed by atoms with Gasteiger partial charge in [-0.05, 0) is 16.6 Å². The Hall–Kier alpha value is -2.58. The van der Waals surface area contributed by atoms with Crippen LogP contribution >= 0.6 is 11.8 Å². The number of carbonyl (C=O) groups excluding carboxylic acids is 3. The summed E-state index contributed by atoms with van der Waals surface area (Å²) in [6.07, 6.45) is 3.33. The predicted octanol–water partition coefficient (Wildman–Crippen LogP) is 2.11. The van der Waals surface area contributed by atoms with Gasteiger partial charge in [0, 0.05) is 16.7 Å². The van der Waals surface area contributed by atoms with E-state index in [1.165, 1.54) is 11.8 Å². The van der Waals surface area contributed by atoms with Crippen molar-refractivity contribution in [1.82, 2.24) is 16.0 Å². The van der Waals surface area contributed by atoms with Crippen molar-refractivity contribution in [2.24, 2.45) is 11.1 Å². The van der Waals surface area contributed by atoms with Crippen LogP contribution in [-0.2, 0) is 14.4 Å². The molecule has 0 heterocycles. The largest absolute Gasteiger partial charge is 0.343 e. The zero-order valence-corrected chi connectivity index (χ0v) is 18.3. The van der Waals surface area contributed by atoms with Gasteiger partial charge in [0.1, 0.15) is 6.04 Å². The van der Waals surface area contributed by atoms with Gasteiger partial charge in [-0.25, -0.2) is 0 Å². The molecule has 0 radical (unpaired) electrons. The molecule has 0 rings (SSSR count). The number of allylic oxidation sites excluding steroid dienone is 3. The van der Waals surface area contributed by atoms with E-state index in [9.17, 15) is 14.4 Å². The van der Waals surface area contributed by atoms with Crippen LogP contribution in [0.4, 0.5) is 0 Å². The Morgan fingerprint density at radius 3 is 2.21 bits per heavy atom. The van der Waals surface area contributed by atoms with Crippen LogP contribution in [-0.4, -0.2) is 37.0 Å². The predicted molar refractivity (Wildman–Crippen MR) is 121 cm³/mol. The first-order valence-electron chi connectivity index (χ1n) is 9.00. The number of nitrogens with two attached hydrogens (primary N) is 1. The summed E-state index contributed by atoms with van der Waals surface area (Å²) in [5.41, 5.74) is 6.09. The van der Waals surface area contributed by atoms with Crippen molar-refractivity contribution < 1.29 is 14.4 Å². The van der Waals surface area contributed by atoms with E-state index in [1.807, 2.05) is 0 Å². The van der Waals surface area contributed by atoms with E-state index in [-0.39, 0.29) is 25.5 Å². The zero-order chi connectivity index (χ0) is 22.6. The first-order valence-corrected chi connectivity index (χ1v) is 9.88. The van der Waals surface area contributed by atoms with Crippen molar-refractivity contribution in [3.8, 4) is 0 Å². The van der Waals surface area contributed by atoms with Crippen LogP contribution in [0.2, 0.25) is 0 Å². The molecule has 0 aliphatic carbocycles. The second kappa shape index (κ2) is 12.8. The van der Waals surface area contributed by atoms with Gasteiger partial charge in [0.2, 0.25) is 17.7 Å². The highest BCUT2D eigenvalue weighted by Gasteiger charge is 2.24. The van der Waals surface area contributed by atoms with E-state index in [0.717, 1.165) is 4.91 Å². The lowest BCUT2D eigenvalue weighted by Gasteiger charge is -2.22.